The van der Waals surface area contributed by atoms with E-state index in [0.717, 1.165) is 19.3 Å². The first kappa shape index (κ1) is 13.6. The molecule has 1 aliphatic carbocycles. The summed E-state index contributed by atoms with van der Waals surface area (Å²) in [4.78, 5) is 26.8. The van der Waals surface area contributed by atoms with Gasteiger partial charge >= 0.3 is 5.97 Å². The lowest BCUT2D eigenvalue weighted by atomic mass is 10.0. The minimum absolute atomic E-state index is 0.00676. The topological polar surface area (TPSA) is 57.6 Å². The van der Waals surface area contributed by atoms with E-state index in [1.54, 1.807) is 16.2 Å². The van der Waals surface area contributed by atoms with E-state index in [1.165, 1.54) is 10.4 Å². The molecule has 1 saturated carbocycles. The van der Waals surface area contributed by atoms with Crippen LogP contribution in [-0.2, 0) is 9.59 Å². The Hall–Kier alpha value is -1.36. The van der Waals surface area contributed by atoms with Crippen molar-refractivity contribution in [1.29, 1.82) is 0 Å². The van der Waals surface area contributed by atoms with Crippen LogP contribution in [0.4, 0.5) is 0 Å². The van der Waals surface area contributed by atoms with E-state index in [9.17, 15) is 14.7 Å². The lowest BCUT2D eigenvalue weighted by Crippen LogP contribution is -2.48. The van der Waals surface area contributed by atoms with E-state index < -0.39 is 12.0 Å². The third-order valence-electron chi connectivity index (χ3n) is 4.42. The first-order valence-electron chi connectivity index (χ1n) is 7.17. The van der Waals surface area contributed by atoms with Crippen molar-refractivity contribution in [2.75, 3.05) is 6.54 Å². The van der Waals surface area contributed by atoms with E-state index >= 15 is 0 Å². The van der Waals surface area contributed by atoms with Gasteiger partial charge in [0.05, 0.1) is 0 Å². The number of hydrogen-bond acceptors (Lipinski definition) is 3. The van der Waals surface area contributed by atoms with E-state index in [0.29, 0.717) is 18.9 Å². The number of rotatable bonds is 3. The lowest BCUT2D eigenvalue weighted by molar-refractivity contribution is -0.152. The van der Waals surface area contributed by atoms with Crippen LogP contribution in [0, 0.1) is 12.8 Å². The Morgan fingerprint density at radius 1 is 1.40 bits per heavy atom. The van der Waals surface area contributed by atoms with Crippen molar-refractivity contribution < 1.29 is 14.7 Å². The van der Waals surface area contributed by atoms with E-state index in [1.807, 2.05) is 0 Å². The number of hydrogen-bond donors (Lipinski definition) is 1. The molecule has 1 saturated heterocycles. The van der Waals surface area contributed by atoms with Crippen LogP contribution < -0.4 is 0 Å². The highest BCUT2D eigenvalue weighted by atomic mass is 32.1. The summed E-state index contributed by atoms with van der Waals surface area (Å²) in [6, 6.07) is 1.47. The number of carbonyl (C=O) groups excluding carboxylic acids is 1. The molecule has 20 heavy (non-hydrogen) atoms. The second-order valence-corrected chi connectivity index (χ2v) is 6.75. The van der Waals surface area contributed by atoms with Crippen LogP contribution in [-0.4, -0.2) is 34.5 Å². The van der Waals surface area contributed by atoms with Gasteiger partial charge in [0.15, 0.2) is 0 Å². The lowest BCUT2D eigenvalue weighted by Gasteiger charge is -2.33. The van der Waals surface area contributed by atoms with Crippen LogP contribution in [0.25, 0.3) is 0 Å². The van der Waals surface area contributed by atoms with Crippen molar-refractivity contribution >= 4 is 23.2 Å². The van der Waals surface area contributed by atoms with Gasteiger partial charge in [0, 0.05) is 23.3 Å². The van der Waals surface area contributed by atoms with Gasteiger partial charge in [-0.05, 0) is 49.6 Å². The van der Waals surface area contributed by atoms with Gasteiger partial charge in [0.25, 0.3) is 0 Å². The summed E-state index contributed by atoms with van der Waals surface area (Å²) in [7, 11) is 0. The molecule has 2 fully saturated rings. The summed E-state index contributed by atoms with van der Waals surface area (Å²) >= 11 is 1.71. The number of carboxylic acids is 1. The van der Waals surface area contributed by atoms with Crippen molar-refractivity contribution in [1.82, 2.24) is 4.90 Å². The van der Waals surface area contributed by atoms with Crippen molar-refractivity contribution in [3.05, 3.63) is 21.9 Å². The SMILES string of the molecule is Cc1ccsc1[C@@H]1C[C@H]1C(=O)N1CCCC[C@@H]1C(=O)O. The Morgan fingerprint density at radius 3 is 2.85 bits per heavy atom. The predicted molar refractivity (Wildman–Crippen MR) is 76.9 cm³/mol. The molecule has 0 spiro atoms. The molecule has 1 aromatic rings. The number of carbonyl (C=O) groups is 2. The average molecular weight is 293 g/mol. The summed E-state index contributed by atoms with van der Waals surface area (Å²) in [6.07, 6.45) is 3.29. The monoisotopic (exact) mass is 293 g/mol. The zero-order valence-electron chi connectivity index (χ0n) is 11.5. The smallest absolute Gasteiger partial charge is 0.326 e. The van der Waals surface area contributed by atoms with Gasteiger partial charge in [0.2, 0.25) is 5.91 Å². The average Bonchev–Trinajstić information content (AvgIpc) is 3.12. The quantitative estimate of drug-likeness (QED) is 0.932. The Labute approximate surface area is 122 Å². The van der Waals surface area contributed by atoms with Crippen LogP contribution in [0.15, 0.2) is 11.4 Å². The third-order valence-corrected chi connectivity index (χ3v) is 5.57. The normalized spacial score (nSPS) is 29.2. The van der Waals surface area contributed by atoms with E-state index in [-0.39, 0.29) is 11.8 Å². The van der Waals surface area contributed by atoms with Crippen LogP contribution in [0.5, 0.6) is 0 Å². The van der Waals surface area contributed by atoms with Crippen molar-refractivity contribution in [3.8, 4) is 0 Å². The molecule has 1 aromatic heterocycles. The van der Waals surface area contributed by atoms with Crippen LogP contribution in [0.2, 0.25) is 0 Å². The Balaban J connectivity index is 1.71. The van der Waals surface area contributed by atoms with Gasteiger partial charge in [-0.1, -0.05) is 0 Å². The standard InChI is InChI=1S/C15H19NO3S/c1-9-5-7-20-13(9)10-8-11(10)14(17)16-6-3-2-4-12(16)15(18)19/h5,7,10-12H,2-4,6,8H2,1H3,(H,18,19)/t10-,11-,12-/m1/s1. The fourth-order valence-electron chi connectivity index (χ4n) is 3.19. The molecule has 0 unspecified atom stereocenters. The highest BCUT2D eigenvalue weighted by molar-refractivity contribution is 7.10. The minimum atomic E-state index is -0.859. The van der Waals surface area contributed by atoms with E-state index in [4.69, 9.17) is 0 Å². The zero-order valence-corrected chi connectivity index (χ0v) is 12.4. The zero-order chi connectivity index (χ0) is 14.3. The second-order valence-electron chi connectivity index (χ2n) is 5.80. The van der Waals surface area contributed by atoms with Gasteiger partial charge in [-0.2, -0.15) is 0 Å². The van der Waals surface area contributed by atoms with Gasteiger partial charge in [0.1, 0.15) is 6.04 Å². The largest absolute Gasteiger partial charge is 0.480 e. The van der Waals surface area contributed by atoms with Crippen molar-refractivity contribution in [2.45, 2.75) is 44.6 Å². The molecule has 0 bridgehead atoms. The number of carboxylic acid groups (broad SMARTS) is 1. The number of piperidine rings is 1. The molecule has 1 aliphatic heterocycles. The maximum Gasteiger partial charge on any atom is 0.326 e. The molecular weight excluding hydrogens is 274 g/mol. The summed E-state index contributed by atoms with van der Waals surface area (Å²) in [5, 5.41) is 11.3. The first-order chi connectivity index (χ1) is 9.59. The number of aliphatic carboxylic acids is 1. The molecule has 3 rings (SSSR count). The van der Waals surface area contributed by atoms with Crippen LogP contribution >= 0.6 is 11.3 Å². The number of thiophene rings is 1. The predicted octanol–water partition coefficient (Wildman–Crippen LogP) is 2.63. The Bertz CT molecular complexity index is 539. The minimum Gasteiger partial charge on any atom is -0.480 e. The van der Waals surface area contributed by atoms with Gasteiger partial charge in [-0.25, -0.2) is 4.79 Å². The molecule has 3 atom stereocenters. The fraction of sp³-hybridized carbons (Fsp3) is 0.600. The number of amides is 1. The van der Waals surface area contributed by atoms with Crippen molar-refractivity contribution in [3.63, 3.8) is 0 Å². The molecule has 4 nitrogen and oxygen atoms in total. The summed E-state index contributed by atoms with van der Waals surface area (Å²) < 4.78 is 0. The highest BCUT2D eigenvalue weighted by Gasteiger charge is 2.49. The number of aryl methyl sites for hydroxylation is 1. The Morgan fingerprint density at radius 2 is 2.20 bits per heavy atom. The molecule has 0 aromatic carbocycles. The molecule has 108 valence electrons. The molecular formula is C15H19NO3S. The maximum atomic E-state index is 12.6. The summed E-state index contributed by atoms with van der Waals surface area (Å²) in [6.45, 7) is 2.68. The molecule has 2 aliphatic rings. The molecule has 2 heterocycles. The maximum absolute atomic E-state index is 12.6. The van der Waals surface area contributed by atoms with Gasteiger partial charge < -0.3 is 10.0 Å². The molecule has 0 radical (unpaired) electrons. The Kier molecular flexibility index (Phi) is 3.54. The fourth-order valence-corrected chi connectivity index (χ4v) is 4.30. The van der Waals surface area contributed by atoms with Gasteiger partial charge in [-0.15, -0.1) is 11.3 Å². The summed E-state index contributed by atoms with van der Waals surface area (Å²) in [5.41, 5.74) is 1.25. The third kappa shape index (κ3) is 2.35. The van der Waals surface area contributed by atoms with Crippen LogP contribution in [0.3, 0.4) is 0 Å². The molecule has 5 heteroatoms. The highest BCUT2D eigenvalue weighted by Crippen LogP contribution is 2.51. The first-order valence-corrected chi connectivity index (χ1v) is 8.05. The van der Waals surface area contributed by atoms with Crippen LogP contribution in [0.1, 0.15) is 42.0 Å². The van der Waals surface area contributed by atoms with Gasteiger partial charge in [-0.3, -0.25) is 4.79 Å². The molecule has 1 amide bonds. The number of nitrogens with zero attached hydrogens (tertiary/aromatic N) is 1. The second kappa shape index (κ2) is 5.20. The van der Waals surface area contributed by atoms with Crippen molar-refractivity contribution in [2.24, 2.45) is 5.92 Å². The van der Waals surface area contributed by atoms with E-state index in [2.05, 4.69) is 18.4 Å². The summed E-state index contributed by atoms with van der Waals surface area (Å²) in [5.74, 6) is -0.483. The number of likely N-dealkylation sites (tertiary alicyclic amines) is 1. The molecule has 1 N–H and O–H groups in total.